The van der Waals surface area contributed by atoms with Gasteiger partial charge in [-0.15, -0.1) is 11.3 Å². The van der Waals surface area contributed by atoms with Gasteiger partial charge in [-0.3, -0.25) is 4.79 Å². The highest BCUT2D eigenvalue weighted by atomic mass is 32.2. The number of rotatable bonds is 8. The van der Waals surface area contributed by atoms with Crippen LogP contribution in [0.15, 0.2) is 70.9 Å². The molecule has 1 aliphatic heterocycles. The average Bonchev–Trinajstić information content (AvgIpc) is 3.53. The molecule has 3 aromatic rings. The molecule has 172 valence electrons. The second-order valence-corrected chi connectivity index (χ2v) is 10.1. The third-order valence-corrected chi connectivity index (χ3v) is 7.91. The van der Waals surface area contributed by atoms with Crippen LogP contribution in [0.1, 0.15) is 22.5 Å². The molecule has 0 aliphatic carbocycles. The van der Waals surface area contributed by atoms with Crippen molar-refractivity contribution in [1.82, 2.24) is 4.31 Å². The van der Waals surface area contributed by atoms with E-state index in [0.29, 0.717) is 30.3 Å². The molecule has 8 nitrogen and oxygen atoms in total. The molecule has 1 amide bonds. The normalized spacial score (nSPS) is 14.1. The van der Waals surface area contributed by atoms with Gasteiger partial charge in [-0.05, 0) is 60.7 Å². The van der Waals surface area contributed by atoms with Crippen molar-refractivity contribution in [1.29, 1.82) is 0 Å². The van der Waals surface area contributed by atoms with Crippen LogP contribution in [0, 0.1) is 0 Å². The summed E-state index contributed by atoms with van der Waals surface area (Å²) in [6.07, 6.45) is 1.59. The fourth-order valence-corrected chi connectivity index (χ4v) is 6.14. The van der Waals surface area contributed by atoms with E-state index in [-0.39, 0.29) is 9.77 Å². The summed E-state index contributed by atoms with van der Waals surface area (Å²) in [5.41, 5.74) is 0.505. The van der Waals surface area contributed by atoms with E-state index in [9.17, 15) is 18.0 Å². The summed E-state index contributed by atoms with van der Waals surface area (Å²) in [6.45, 7) is 0.330. The first-order valence-corrected chi connectivity index (χ1v) is 12.6. The van der Waals surface area contributed by atoms with Gasteiger partial charge in [-0.2, -0.15) is 4.31 Å². The number of amides is 1. The maximum absolute atomic E-state index is 12.8. The van der Waals surface area contributed by atoms with Crippen molar-refractivity contribution < 1.29 is 27.5 Å². The molecular weight excluding hydrogens is 464 g/mol. The molecule has 0 unspecified atom stereocenters. The first-order valence-electron chi connectivity index (χ1n) is 10.3. The number of ether oxygens (including phenoxy) is 2. The van der Waals surface area contributed by atoms with Gasteiger partial charge in [0.2, 0.25) is 10.0 Å². The first kappa shape index (κ1) is 23.0. The summed E-state index contributed by atoms with van der Waals surface area (Å²) in [5, 5.41) is 4.15. The third kappa shape index (κ3) is 5.59. The number of carbonyl (C=O) groups excluding carboxylic acids is 2. The smallest absolute Gasteiger partial charge is 0.350 e. The summed E-state index contributed by atoms with van der Waals surface area (Å²) < 4.78 is 37.7. The van der Waals surface area contributed by atoms with Gasteiger partial charge in [0, 0.05) is 18.8 Å². The molecule has 2 heterocycles. The van der Waals surface area contributed by atoms with E-state index < -0.39 is 28.5 Å². The van der Waals surface area contributed by atoms with Crippen molar-refractivity contribution in [2.45, 2.75) is 17.7 Å². The number of benzene rings is 2. The Hall–Kier alpha value is -3.21. The van der Waals surface area contributed by atoms with E-state index in [1.165, 1.54) is 15.8 Å². The standard InChI is InChI=1S/C23H22N2O6S2/c26-21(24-17-8-10-19(11-9-17)31-18-6-2-1-3-7-18)16-30-23(27)22-20(12-15-32-22)33(28,29)25-13-4-5-14-25/h1-3,6-12,15H,4-5,13-14,16H2,(H,24,26). The van der Waals surface area contributed by atoms with Crippen LogP contribution in [0.2, 0.25) is 0 Å². The van der Waals surface area contributed by atoms with E-state index in [0.717, 1.165) is 24.2 Å². The largest absolute Gasteiger partial charge is 0.457 e. The highest BCUT2D eigenvalue weighted by molar-refractivity contribution is 7.89. The molecule has 1 N–H and O–H groups in total. The van der Waals surface area contributed by atoms with Crippen LogP contribution in [0.4, 0.5) is 5.69 Å². The van der Waals surface area contributed by atoms with Crippen molar-refractivity contribution in [2.75, 3.05) is 25.0 Å². The number of hydrogen-bond donors (Lipinski definition) is 1. The molecule has 0 spiro atoms. The molecule has 1 aromatic heterocycles. The van der Waals surface area contributed by atoms with Crippen molar-refractivity contribution in [2.24, 2.45) is 0 Å². The van der Waals surface area contributed by atoms with Crippen molar-refractivity contribution in [3.63, 3.8) is 0 Å². The third-order valence-electron chi connectivity index (χ3n) is 4.95. The van der Waals surface area contributed by atoms with Gasteiger partial charge in [0.1, 0.15) is 21.3 Å². The predicted octanol–water partition coefficient (Wildman–Crippen LogP) is 4.12. The number of carbonyl (C=O) groups is 2. The lowest BCUT2D eigenvalue weighted by Gasteiger charge is -2.15. The first-order chi connectivity index (χ1) is 15.9. The van der Waals surface area contributed by atoms with Crippen LogP contribution < -0.4 is 10.1 Å². The van der Waals surface area contributed by atoms with Crippen molar-refractivity contribution >= 4 is 38.9 Å². The maximum Gasteiger partial charge on any atom is 0.350 e. The summed E-state index contributed by atoms with van der Waals surface area (Å²) in [6, 6.07) is 17.4. The van der Waals surface area contributed by atoms with E-state index in [1.807, 2.05) is 30.3 Å². The minimum absolute atomic E-state index is 0.0305. The molecule has 0 saturated carbocycles. The molecule has 1 fully saturated rings. The Balaban J connectivity index is 1.31. The Bertz CT molecular complexity index is 1220. The van der Waals surface area contributed by atoms with Gasteiger partial charge in [0.15, 0.2) is 6.61 Å². The number of nitrogens with one attached hydrogen (secondary N) is 1. The summed E-state index contributed by atoms with van der Waals surface area (Å²) in [5.74, 6) is -0.0823. The highest BCUT2D eigenvalue weighted by Crippen LogP contribution is 2.28. The molecule has 4 rings (SSSR count). The number of esters is 1. The Morgan fingerprint density at radius 2 is 1.61 bits per heavy atom. The Labute approximate surface area is 195 Å². The van der Waals surface area contributed by atoms with E-state index in [1.54, 1.807) is 24.3 Å². The number of anilines is 1. The summed E-state index contributed by atoms with van der Waals surface area (Å²) in [7, 11) is -3.75. The summed E-state index contributed by atoms with van der Waals surface area (Å²) in [4.78, 5) is 24.6. The van der Waals surface area contributed by atoms with Gasteiger partial charge in [-0.1, -0.05) is 18.2 Å². The van der Waals surface area contributed by atoms with Crippen molar-refractivity contribution in [3.8, 4) is 11.5 Å². The average molecular weight is 487 g/mol. The Morgan fingerprint density at radius 1 is 0.939 bits per heavy atom. The van der Waals surface area contributed by atoms with E-state index in [2.05, 4.69) is 5.32 Å². The van der Waals surface area contributed by atoms with Crippen LogP contribution in [0.25, 0.3) is 0 Å². The SMILES string of the molecule is O=C(COC(=O)c1sccc1S(=O)(=O)N1CCCC1)Nc1ccc(Oc2ccccc2)cc1. The highest BCUT2D eigenvalue weighted by Gasteiger charge is 2.32. The van der Waals surface area contributed by atoms with Crippen LogP contribution in [0.5, 0.6) is 11.5 Å². The van der Waals surface area contributed by atoms with Gasteiger partial charge >= 0.3 is 5.97 Å². The monoisotopic (exact) mass is 486 g/mol. The van der Waals surface area contributed by atoms with Crippen LogP contribution >= 0.6 is 11.3 Å². The zero-order valence-electron chi connectivity index (χ0n) is 17.6. The minimum Gasteiger partial charge on any atom is -0.457 e. The fourth-order valence-electron chi connectivity index (χ4n) is 3.34. The second-order valence-electron chi connectivity index (χ2n) is 7.29. The number of thiophene rings is 1. The molecule has 10 heteroatoms. The lowest BCUT2D eigenvalue weighted by molar-refractivity contribution is -0.119. The number of sulfonamides is 1. The molecular formula is C23H22N2O6S2. The maximum atomic E-state index is 12.8. The Kier molecular flexibility index (Phi) is 7.07. The second kappa shape index (κ2) is 10.2. The van der Waals surface area contributed by atoms with Crippen LogP contribution in [-0.4, -0.2) is 44.3 Å². The molecule has 0 atom stereocenters. The van der Waals surface area contributed by atoms with E-state index in [4.69, 9.17) is 9.47 Å². The van der Waals surface area contributed by atoms with E-state index >= 15 is 0 Å². The van der Waals surface area contributed by atoms with Crippen LogP contribution in [-0.2, 0) is 19.6 Å². The molecule has 0 bridgehead atoms. The van der Waals surface area contributed by atoms with Crippen LogP contribution in [0.3, 0.4) is 0 Å². The predicted molar refractivity (Wildman–Crippen MR) is 124 cm³/mol. The zero-order valence-corrected chi connectivity index (χ0v) is 19.2. The molecule has 1 saturated heterocycles. The number of para-hydroxylation sites is 1. The van der Waals surface area contributed by atoms with Gasteiger partial charge in [0.25, 0.3) is 5.91 Å². The molecule has 0 radical (unpaired) electrons. The lowest BCUT2D eigenvalue weighted by atomic mass is 10.3. The fraction of sp³-hybridized carbons (Fsp3) is 0.217. The topological polar surface area (TPSA) is 102 Å². The minimum atomic E-state index is -3.75. The Morgan fingerprint density at radius 3 is 2.30 bits per heavy atom. The van der Waals surface area contributed by atoms with Crippen molar-refractivity contribution in [3.05, 3.63) is 70.9 Å². The van der Waals surface area contributed by atoms with Gasteiger partial charge in [0.05, 0.1) is 0 Å². The molecule has 2 aromatic carbocycles. The quantitative estimate of drug-likeness (QED) is 0.481. The lowest BCUT2D eigenvalue weighted by Crippen LogP contribution is -2.29. The van der Waals surface area contributed by atoms with Gasteiger partial charge < -0.3 is 14.8 Å². The summed E-state index contributed by atoms with van der Waals surface area (Å²) >= 11 is 0.975. The van der Waals surface area contributed by atoms with Gasteiger partial charge in [-0.25, -0.2) is 13.2 Å². The number of nitrogens with zero attached hydrogens (tertiary/aromatic N) is 1. The number of hydrogen-bond acceptors (Lipinski definition) is 7. The molecule has 1 aliphatic rings. The molecule has 33 heavy (non-hydrogen) atoms. The zero-order chi connectivity index (χ0) is 23.3.